The molecule has 0 radical (unpaired) electrons. The van der Waals surface area contributed by atoms with E-state index in [2.05, 4.69) is 26.6 Å². The smallest absolute Gasteiger partial charge is 0.251 e. The number of rotatable bonds is 2. The highest BCUT2D eigenvalue weighted by Crippen LogP contribution is 2.41. The van der Waals surface area contributed by atoms with E-state index in [1.165, 1.54) is 0 Å². The maximum atomic E-state index is 12.2. The minimum Gasteiger partial charge on any atom is -0.368 e. The van der Waals surface area contributed by atoms with Gasteiger partial charge in [-0.1, -0.05) is 56.8 Å². The number of benzene rings is 2. The summed E-state index contributed by atoms with van der Waals surface area (Å²) in [6.07, 6.45) is 0. The zero-order valence-corrected chi connectivity index (χ0v) is 14.2. The van der Waals surface area contributed by atoms with Gasteiger partial charge in [0.25, 0.3) is 5.91 Å². The van der Waals surface area contributed by atoms with E-state index < -0.39 is 6.04 Å². The molecule has 1 aliphatic rings. The fraction of sp³-hybridized carbons (Fsp3) is 0.0714. The Morgan fingerprint density at radius 3 is 2.48 bits per heavy atom. The molecule has 21 heavy (non-hydrogen) atoms. The molecule has 0 spiro atoms. The molecular formula is C14H8BrCl3N2O. The first-order valence-electron chi connectivity index (χ1n) is 5.97. The molecule has 2 N–H and O–H groups in total. The van der Waals surface area contributed by atoms with Crippen molar-refractivity contribution in [3.63, 3.8) is 0 Å². The van der Waals surface area contributed by atoms with Gasteiger partial charge in [-0.3, -0.25) is 4.79 Å². The minimum atomic E-state index is -0.577. The molecule has 0 fully saturated rings. The topological polar surface area (TPSA) is 41.1 Å². The van der Waals surface area contributed by atoms with Crippen molar-refractivity contribution in [2.45, 2.75) is 6.04 Å². The Hall–Kier alpha value is -0.940. The second-order valence-electron chi connectivity index (χ2n) is 4.51. The third-order valence-electron chi connectivity index (χ3n) is 3.16. The SMILES string of the molecule is O=C1Nc2cccc(Br)c2C1Nc1c(Cl)cc(Cl)cc1Cl. The van der Waals surface area contributed by atoms with Gasteiger partial charge in [-0.05, 0) is 24.3 Å². The number of amides is 1. The fourth-order valence-electron chi connectivity index (χ4n) is 2.24. The van der Waals surface area contributed by atoms with Crippen molar-refractivity contribution in [1.29, 1.82) is 0 Å². The first kappa shape index (κ1) is 15.0. The Labute approximate surface area is 144 Å². The van der Waals surface area contributed by atoms with Gasteiger partial charge in [0.1, 0.15) is 6.04 Å². The van der Waals surface area contributed by atoms with Crippen molar-refractivity contribution >= 4 is 68.0 Å². The van der Waals surface area contributed by atoms with Gasteiger partial charge in [0.2, 0.25) is 0 Å². The number of nitrogens with one attached hydrogen (secondary N) is 2. The molecule has 0 aliphatic carbocycles. The highest BCUT2D eigenvalue weighted by molar-refractivity contribution is 9.10. The van der Waals surface area contributed by atoms with Crippen molar-refractivity contribution in [3.8, 4) is 0 Å². The summed E-state index contributed by atoms with van der Waals surface area (Å²) in [4.78, 5) is 12.2. The molecule has 1 unspecified atom stereocenters. The number of carbonyl (C=O) groups is 1. The maximum absolute atomic E-state index is 12.2. The van der Waals surface area contributed by atoms with Gasteiger partial charge in [0, 0.05) is 20.7 Å². The van der Waals surface area contributed by atoms with Crippen molar-refractivity contribution in [3.05, 3.63) is 55.4 Å². The molecule has 1 atom stereocenters. The van der Waals surface area contributed by atoms with Gasteiger partial charge in [0.15, 0.2) is 0 Å². The Balaban J connectivity index is 2.03. The van der Waals surface area contributed by atoms with E-state index in [-0.39, 0.29) is 5.91 Å². The lowest BCUT2D eigenvalue weighted by atomic mass is 10.1. The van der Waals surface area contributed by atoms with E-state index in [4.69, 9.17) is 34.8 Å². The molecule has 7 heteroatoms. The molecule has 3 rings (SSSR count). The van der Waals surface area contributed by atoms with Crippen LogP contribution in [0.1, 0.15) is 11.6 Å². The van der Waals surface area contributed by atoms with Crippen LogP contribution in [-0.2, 0) is 4.79 Å². The van der Waals surface area contributed by atoms with E-state index >= 15 is 0 Å². The molecule has 0 saturated heterocycles. The van der Waals surface area contributed by atoms with E-state index in [0.29, 0.717) is 20.8 Å². The van der Waals surface area contributed by atoms with Gasteiger partial charge in [-0.25, -0.2) is 0 Å². The summed E-state index contributed by atoms with van der Waals surface area (Å²) in [5.74, 6) is -0.168. The predicted octanol–water partition coefficient (Wildman–Crippen LogP) is 5.51. The lowest BCUT2D eigenvalue weighted by Gasteiger charge is -2.17. The maximum Gasteiger partial charge on any atom is 0.251 e. The van der Waals surface area contributed by atoms with Crippen LogP contribution in [-0.4, -0.2) is 5.91 Å². The summed E-state index contributed by atoms with van der Waals surface area (Å²) in [6.45, 7) is 0. The zero-order chi connectivity index (χ0) is 15.1. The predicted molar refractivity (Wildman–Crippen MR) is 90.6 cm³/mol. The summed E-state index contributed by atoms with van der Waals surface area (Å²) in [5, 5.41) is 7.06. The highest BCUT2D eigenvalue weighted by Gasteiger charge is 2.33. The Kier molecular flexibility index (Phi) is 4.06. The second-order valence-corrected chi connectivity index (χ2v) is 6.62. The second kappa shape index (κ2) is 5.69. The highest BCUT2D eigenvalue weighted by atomic mass is 79.9. The van der Waals surface area contributed by atoms with Crippen LogP contribution >= 0.6 is 50.7 Å². The molecular weight excluding hydrogens is 398 g/mol. The normalized spacial score (nSPS) is 16.6. The molecule has 1 amide bonds. The van der Waals surface area contributed by atoms with Gasteiger partial charge in [-0.15, -0.1) is 0 Å². The lowest BCUT2D eigenvalue weighted by molar-refractivity contribution is -0.116. The van der Waals surface area contributed by atoms with Gasteiger partial charge in [-0.2, -0.15) is 0 Å². The monoisotopic (exact) mass is 404 g/mol. The molecule has 108 valence electrons. The molecule has 0 saturated carbocycles. The van der Waals surface area contributed by atoms with Gasteiger partial charge in [0.05, 0.1) is 15.7 Å². The summed E-state index contributed by atoms with van der Waals surface area (Å²) < 4.78 is 0.831. The number of hydrogen-bond donors (Lipinski definition) is 2. The van der Waals surface area contributed by atoms with Crippen LogP contribution < -0.4 is 10.6 Å². The summed E-state index contributed by atoms with van der Waals surface area (Å²) in [7, 11) is 0. The average Bonchev–Trinajstić information content (AvgIpc) is 2.71. The van der Waals surface area contributed by atoms with E-state index in [1.54, 1.807) is 12.1 Å². The quantitative estimate of drug-likeness (QED) is 0.690. The average molecular weight is 406 g/mol. The number of fused-ring (bicyclic) bond motifs is 1. The largest absolute Gasteiger partial charge is 0.368 e. The van der Waals surface area contributed by atoms with Gasteiger partial charge < -0.3 is 10.6 Å². The molecule has 2 aromatic carbocycles. The van der Waals surface area contributed by atoms with Crippen molar-refractivity contribution in [1.82, 2.24) is 0 Å². The van der Waals surface area contributed by atoms with E-state index in [9.17, 15) is 4.79 Å². The first-order chi connectivity index (χ1) is 9.97. The molecule has 0 bridgehead atoms. The minimum absolute atomic E-state index is 0.168. The fourth-order valence-corrected chi connectivity index (χ4v) is 3.76. The Morgan fingerprint density at radius 1 is 1.14 bits per heavy atom. The standard InChI is InChI=1S/C14H8BrCl3N2O/c15-7-2-1-3-10-11(7)13(14(21)19-10)20-12-8(17)4-6(16)5-9(12)18/h1-5,13,20H,(H,19,21). The van der Waals surface area contributed by atoms with Crippen molar-refractivity contribution in [2.75, 3.05) is 10.6 Å². The molecule has 3 nitrogen and oxygen atoms in total. The van der Waals surface area contributed by atoms with E-state index in [0.717, 1.165) is 15.7 Å². The molecule has 1 aliphatic heterocycles. The van der Waals surface area contributed by atoms with Gasteiger partial charge >= 0.3 is 0 Å². The van der Waals surface area contributed by atoms with Crippen LogP contribution in [0.4, 0.5) is 11.4 Å². The number of halogens is 4. The lowest BCUT2D eigenvalue weighted by Crippen LogP contribution is -2.20. The summed E-state index contributed by atoms with van der Waals surface area (Å²) in [6, 6.07) is 8.14. The molecule has 2 aromatic rings. The van der Waals surface area contributed by atoms with Crippen molar-refractivity contribution in [2.24, 2.45) is 0 Å². The van der Waals surface area contributed by atoms with Crippen LogP contribution in [0.5, 0.6) is 0 Å². The zero-order valence-electron chi connectivity index (χ0n) is 10.4. The van der Waals surface area contributed by atoms with Crippen LogP contribution in [0.3, 0.4) is 0 Å². The molecule has 1 heterocycles. The summed E-state index contributed by atoms with van der Waals surface area (Å²) in [5.41, 5.74) is 2.06. The van der Waals surface area contributed by atoms with Crippen LogP contribution in [0.2, 0.25) is 15.1 Å². The van der Waals surface area contributed by atoms with Crippen LogP contribution in [0.15, 0.2) is 34.8 Å². The van der Waals surface area contributed by atoms with Crippen molar-refractivity contribution < 1.29 is 4.79 Å². The molecule has 0 aromatic heterocycles. The Morgan fingerprint density at radius 2 is 1.81 bits per heavy atom. The third-order valence-corrected chi connectivity index (χ3v) is 4.66. The Bertz CT molecular complexity index is 728. The third kappa shape index (κ3) is 2.73. The number of anilines is 2. The summed E-state index contributed by atoms with van der Waals surface area (Å²) >= 11 is 21.7. The van der Waals surface area contributed by atoms with Crippen LogP contribution in [0.25, 0.3) is 0 Å². The first-order valence-corrected chi connectivity index (χ1v) is 7.90. The number of hydrogen-bond acceptors (Lipinski definition) is 2. The van der Waals surface area contributed by atoms with E-state index in [1.807, 2.05) is 18.2 Å². The number of carbonyl (C=O) groups excluding carboxylic acids is 1. The van der Waals surface area contributed by atoms with Crippen LogP contribution in [0, 0.1) is 0 Å².